The molecule has 2 aromatic heterocycles. The quantitative estimate of drug-likeness (QED) is 0.682. The molecule has 4 rings (SSSR count). The molecule has 1 aliphatic rings. The third-order valence-corrected chi connectivity index (χ3v) is 5.42. The molecular weight excluding hydrogens is 358 g/mol. The van der Waals surface area contributed by atoms with Crippen molar-refractivity contribution in [3.05, 3.63) is 58.4 Å². The summed E-state index contributed by atoms with van der Waals surface area (Å²) in [6.07, 6.45) is 5.93. The summed E-state index contributed by atoms with van der Waals surface area (Å²) in [5.41, 5.74) is 5.21. The molecule has 27 heavy (non-hydrogen) atoms. The van der Waals surface area contributed by atoms with E-state index in [1.165, 1.54) is 5.56 Å². The molecule has 1 aliphatic heterocycles. The molecule has 0 saturated heterocycles. The molecular formula is C20H21N5OS. The lowest BCUT2D eigenvalue weighted by molar-refractivity contribution is -0.119. The highest BCUT2D eigenvalue weighted by Gasteiger charge is 2.25. The van der Waals surface area contributed by atoms with Crippen LogP contribution in [0.3, 0.4) is 0 Å². The Bertz CT molecular complexity index is 956. The van der Waals surface area contributed by atoms with E-state index in [0.29, 0.717) is 13.1 Å². The van der Waals surface area contributed by atoms with E-state index in [1.807, 2.05) is 29.8 Å². The van der Waals surface area contributed by atoms with Crippen LogP contribution in [-0.4, -0.2) is 45.9 Å². The van der Waals surface area contributed by atoms with E-state index < -0.39 is 0 Å². The zero-order valence-corrected chi connectivity index (χ0v) is 16.2. The van der Waals surface area contributed by atoms with E-state index >= 15 is 0 Å². The Morgan fingerprint density at radius 3 is 2.96 bits per heavy atom. The Labute approximate surface area is 162 Å². The van der Waals surface area contributed by atoms with Crippen LogP contribution in [0, 0.1) is 6.92 Å². The molecule has 0 aliphatic carbocycles. The zero-order chi connectivity index (χ0) is 18.8. The zero-order valence-electron chi connectivity index (χ0n) is 15.4. The Balaban J connectivity index is 1.45. The standard InChI is InChI=1S/C20H21N5OS/c1-14-23-18(13-27-14)15-3-4-19-16(9-15)5-8-25(19)20(26)12-24(2)11-17-10-21-6-7-22-17/h3-4,6-7,9-10,13H,5,8,11-12H2,1-2H3. The molecule has 6 nitrogen and oxygen atoms in total. The number of rotatable bonds is 5. The smallest absolute Gasteiger partial charge is 0.241 e. The van der Waals surface area contributed by atoms with Crippen molar-refractivity contribution in [1.82, 2.24) is 19.9 Å². The molecule has 0 atom stereocenters. The van der Waals surface area contributed by atoms with Crippen LogP contribution in [0.5, 0.6) is 0 Å². The predicted octanol–water partition coefficient (Wildman–Crippen LogP) is 2.93. The van der Waals surface area contributed by atoms with Crippen molar-refractivity contribution in [3.8, 4) is 11.3 Å². The number of aromatic nitrogens is 3. The van der Waals surface area contributed by atoms with Crippen molar-refractivity contribution in [1.29, 1.82) is 0 Å². The summed E-state index contributed by atoms with van der Waals surface area (Å²) in [4.78, 5) is 29.6. The Kier molecular flexibility index (Phi) is 4.96. The van der Waals surface area contributed by atoms with Crippen molar-refractivity contribution in [2.45, 2.75) is 19.9 Å². The Morgan fingerprint density at radius 2 is 2.22 bits per heavy atom. The van der Waals surface area contributed by atoms with Gasteiger partial charge in [-0.3, -0.25) is 19.7 Å². The molecule has 0 saturated carbocycles. The van der Waals surface area contributed by atoms with Gasteiger partial charge in [-0.15, -0.1) is 11.3 Å². The molecule has 0 fully saturated rings. The van der Waals surface area contributed by atoms with Crippen molar-refractivity contribution in [3.63, 3.8) is 0 Å². The molecule has 0 bridgehead atoms. The van der Waals surface area contributed by atoms with Crippen molar-refractivity contribution in [2.24, 2.45) is 0 Å². The number of nitrogens with zero attached hydrogens (tertiary/aromatic N) is 5. The van der Waals surface area contributed by atoms with E-state index in [9.17, 15) is 4.79 Å². The lowest BCUT2D eigenvalue weighted by Crippen LogP contribution is -2.38. The highest BCUT2D eigenvalue weighted by Crippen LogP contribution is 2.32. The van der Waals surface area contributed by atoms with Gasteiger partial charge in [0.25, 0.3) is 0 Å². The summed E-state index contributed by atoms with van der Waals surface area (Å²) in [6, 6.07) is 6.27. The number of hydrogen-bond acceptors (Lipinski definition) is 6. The highest BCUT2D eigenvalue weighted by atomic mass is 32.1. The molecule has 0 N–H and O–H groups in total. The largest absolute Gasteiger partial charge is 0.311 e. The number of fused-ring (bicyclic) bond motifs is 1. The third kappa shape index (κ3) is 3.89. The lowest BCUT2D eigenvalue weighted by atomic mass is 10.1. The fourth-order valence-corrected chi connectivity index (χ4v) is 4.00. The van der Waals surface area contributed by atoms with Crippen LogP contribution < -0.4 is 4.90 Å². The van der Waals surface area contributed by atoms with Gasteiger partial charge in [-0.05, 0) is 38.1 Å². The van der Waals surface area contributed by atoms with Crippen LogP contribution >= 0.6 is 11.3 Å². The molecule has 138 valence electrons. The minimum atomic E-state index is 0.109. The number of carbonyl (C=O) groups is 1. The second-order valence-corrected chi connectivity index (χ2v) is 7.82. The predicted molar refractivity (Wildman–Crippen MR) is 107 cm³/mol. The van der Waals surface area contributed by atoms with Gasteiger partial charge in [0.2, 0.25) is 5.91 Å². The minimum absolute atomic E-state index is 0.109. The average molecular weight is 379 g/mol. The normalized spacial score (nSPS) is 13.2. The Morgan fingerprint density at radius 1 is 1.33 bits per heavy atom. The van der Waals surface area contributed by atoms with E-state index in [0.717, 1.165) is 40.6 Å². The van der Waals surface area contributed by atoms with Gasteiger partial charge < -0.3 is 4.90 Å². The average Bonchev–Trinajstić information content (AvgIpc) is 3.28. The maximum absolute atomic E-state index is 12.8. The number of likely N-dealkylation sites (N-methyl/N-ethyl adjacent to an activating group) is 1. The minimum Gasteiger partial charge on any atom is -0.311 e. The van der Waals surface area contributed by atoms with Gasteiger partial charge in [0, 0.05) is 48.3 Å². The van der Waals surface area contributed by atoms with Gasteiger partial charge in [-0.2, -0.15) is 0 Å². The van der Waals surface area contributed by atoms with Crippen LogP contribution in [0.1, 0.15) is 16.3 Å². The molecule has 7 heteroatoms. The summed E-state index contributed by atoms with van der Waals surface area (Å²) in [5.74, 6) is 0.109. The monoisotopic (exact) mass is 379 g/mol. The van der Waals surface area contributed by atoms with Gasteiger partial charge in [0.05, 0.1) is 22.9 Å². The van der Waals surface area contributed by atoms with Gasteiger partial charge in [-0.1, -0.05) is 6.07 Å². The number of thiazole rings is 1. The summed E-state index contributed by atoms with van der Waals surface area (Å²) >= 11 is 1.65. The first-order chi connectivity index (χ1) is 13.1. The van der Waals surface area contributed by atoms with Gasteiger partial charge in [-0.25, -0.2) is 4.98 Å². The first kappa shape index (κ1) is 17.8. The van der Waals surface area contributed by atoms with Gasteiger partial charge in [0.15, 0.2) is 0 Å². The van der Waals surface area contributed by atoms with Crippen LogP contribution in [0.15, 0.2) is 42.2 Å². The number of benzene rings is 1. The SMILES string of the molecule is Cc1nc(-c2ccc3c(c2)CCN3C(=O)CN(C)Cc2cnccn2)cs1. The van der Waals surface area contributed by atoms with Gasteiger partial charge in [0.1, 0.15) is 0 Å². The molecule has 0 spiro atoms. The van der Waals surface area contributed by atoms with Crippen LogP contribution in [0.25, 0.3) is 11.3 Å². The molecule has 1 amide bonds. The summed E-state index contributed by atoms with van der Waals surface area (Å²) in [7, 11) is 1.93. The molecule has 1 aromatic carbocycles. The number of anilines is 1. The van der Waals surface area contributed by atoms with E-state index in [1.54, 1.807) is 29.9 Å². The van der Waals surface area contributed by atoms with Crippen LogP contribution in [-0.2, 0) is 17.8 Å². The van der Waals surface area contributed by atoms with Crippen LogP contribution in [0.2, 0.25) is 0 Å². The summed E-state index contributed by atoms with van der Waals surface area (Å²) in [5, 5.41) is 3.14. The third-order valence-electron chi connectivity index (χ3n) is 4.64. The molecule has 0 unspecified atom stereocenters. The summed E-state index contributed by atoms with van der Waals surface area (Å²) < 4.78 is 0. The second-order valence-electron chi connectivity index (χ2n) is 6.76. The highest BCUT2D eigenvalue weighted by molar-refractivity contribution is 7.09. The first-order valence-corrected chi connectivity index (χ1v) is 9.77. The number of aryl methyl sites for hydroxylation is 1. The lowest BCUT2D eigenvalue weighted by Gasteiger charge is -2.22. The molecule has 3 heterocycles. The van der Waals surface area contributed by atoms with E-state index in [4.69, 9.17) is 0 Å². The van der Waals surface area contributed by atoms with Gasteiger partial charge >= 0.3 is 0 Å². The van der Waals surface area contributed by atoms with E-state index in [-0.39, 0.29) is 5.91 Å². The van der Waals surface area contributed by atoms with Crippen LogP contribution in [0.4, 0.5) is 5.69 Å². The molecule has 3 aromatic rings. The first-order valence-electron chi connectivity index (χ1n) is 8.89. The van der Waals surface area contributed by atoms with Crippen molar-refractivity contribution in [2.75, 3.05) is 25.0 Å². The topological polar surface area (TPSA) is 62.2 Å². The molecule has 0 radical (unpaired) electrons. The van der Waals surface area contributed by atoms with E-state index in [2.05, 4.69) is 32.5 Å². The number of carbonyl (C=O) groups excluding carboxylic acids is 1. The summed E-state index contributed by atoms with van der Waals surface area (Å²) in [6.45, 7) is 3.69. The maximum atomic E-state index is 12.8. The maximum Gasteiger partial charge on any atom is 0.241 e. The second kappa shape index (κ2) is 7.54. The fourth-order valence-electron chi connectivity index (χ4n) is 3.38. The van der Waals surface area contributed by atoms with Crippen molar-refractivity contribution < 1.29 is 4.79 Å². The van der Waals surface area contributed by atoms with Crippen molar-refractivity contribution >= 4 is 22.9 Å². The fraction of sp³-hybridized carbons (Fsp3) is 0.300. The number of hydrogen-bond donors (Lipinski definition) is 0. The Hall–Kier alpha value is -2.64. The number of amides is 1.